The van der Waals surface area contributed by atoms with Crippen molar-refractivity contribution in [3.05, 3.63) is 33.9 Å². The molecule has 0 aromatic heterocycles. The van der Waals surface area contributed by atoms with Crippen LogP contribution in [0.5, 0.6) is 0 Å². The number of aliphatic hydroxyl groups excluding tert-OH is 1. The number of anilines is 1. The normalized spacial score (nSPS) is 20.8. The zero-order valence-electron chi connectivity index (χ0n) is 11.8. The highest BCUT2D eigenvalue weighted by Gasteiger charge is 2.25. The van der Waals surface area contributed by atoms with Crippen LogP contribution in [0.1, 0.15) is 31.9 Å². The number of rotatable bonds is 4. The van der Waals surface area contributed by atoms with Gasteiger partial charge < -0.3 is 14.7 Å². The standard InChI is InChI=1S/C14H20N2O4/c1-3-12-9-15(6-7-20-12)13-5-4-11(10(2)17)8-14(13)16(18)19/h4-5,8,10,12,17H,3,6-7,9H2,1-2H3/t10-,12?/m1/s1. The molecule has 1 heterocycles. The predicted molar refractivity (Wildman–Crippen MR) is 76.0 cm³/mol. The van der Waals surface area contributed by atoms with E-state index in [9.17, 15) is 15.2 Å². The van der Waals surface area contributed by atoms with Gasteiger partial charge in [0.15, 0.2) is 0 Å². The summed E-state index contributed by atoms with van der Waals surface area (Å²) in [7, 11) is 0. The minimum atomic E-state index is -0.712. The molecule has 1 aromatic carbocycles. The van der Waals surface area contributed by atoms with Gasteiger partial charge in [0.25, 0.3) is 5.69 Å². The van der Waals surface area contributed by atoms with Crippen LogP contribution in [-0.2, 0) is 4.74 Å². The first-order valence-electron chi connectivity index (χ1n) is 6.86. The average molecular weight is 280 g/mol. The van der Waals surface area contributed by atoms with Crippen molar-refractivity contribution >= 4 is 11.4 Å². The Balaban J connectivity index is 2.32. The minimum Gasteiger partial charge on any atom is -0.389 e. The molecule has 20 heavy (non-hydrogen) atoms. The van der Waals surface area contributed by atoms with Crippen molar-refractivity contribution in [3.8, 4) is 0 Å². The van der Waals surface area contributed by atoms with Crippen LogP contribution in [-0.4, -0.2) is 35.8 Å². The summed E-state index contributed by atoms with van der Waals surface area (Å²) in [6.07, 6.45) is 0.284. The summed E-state index contributed by atoms with van der Waals surface area (Å²) in [6.45, 7) is 5.52. The number of benzene rings is 1. The summed E-state index contributed by atoms with van der Waals surface area (Å²) in [5.41, 5.74) is 1.20. The monoisotopic (exact) mass is 280 g/mol. The topological polar surface area (TPSA) is 75.8 Å². The molecule has 0 bridgehead atoms. The van der Waals surface area contributed by atoms with Crippen LogP contribution in [0.25, 0.3) is 0 Å². The van der Waals surface area contributed by atoms with Crippen molar-refractivity contribution in [3.63, 3.8) is 0 Å². The molecule has 1 saturated heterocycles. The van der Waals surface area contributed by atoms with Gasteiger partial charge in [-0.3, -0.25) is 10.1 Å². The number of hydrogen-bond acceptors (Lipinski definition) is 5. The van der Waals surface area contributed by atoms with E-state index in [4.69, 9.17) is 4.74 Å². The van der Waals surface area contributed by atoms with Crippen LogP contribution < -0.4 is 4.90 Å². The summed E-state index contributed by atoms with van der Waals surface area (Å²) in [6, 6.07) is 4.91. The molecule has 1 unspecified atom stereocenters. The SMILES string of the molecule is CCC1CN(c2ccc([C@@H](C)O)cc2[N+](=O)[O-])CCO1. The Morgan fingerprint density at radius 2 is 2.35 bits per heavy atom. The number of morpholine rings is 1. The number of nitro groups is 1. The van der Waals surface area contributed by atoms with Gasteiger partial charge in [0, 0.05) is 19.2 Å². The number of nitrogens with zero attached hydrogens (tertiary/aromatic N) is 2. The molecule has 0 saturated carbocycles. The largest absolute Gasteiger partial charge is 0.389 e. The van der Waals surface area contributed by atoms with Crippen molar-refractivity contribution in [1.82, 2.24) is 0 Å². The molecule has 2 atom stereocenters. The summed E-state index contributed by atoms with van der Waals surface area (Å²) in [5, 5.41) is 20.8. The van der Waals surface area contributed by atoms with E-state index in [0.717, 1.165) is 6.42 Å². The maximum atomic E-state index is 11.3. The Labute approximate surface area is 118 Å². The van der Waals surface area contributed by atoms with E-state index < -0.39 is 11.0 Å². The van der Waals surface area contributed by atoms with Crippen LogP contribution >= 0.6 is 0 Å². The molecule has 1 fully saturated rings. The van der Waals surface area contributed by atoms with Crippen LogP contribution in [0.4, 0.5) is 11.4 Å². The van der Waals surface area contributed by atoms with Gasteiger partial charge in [0.05, 0.1) is 23.7 Å². The lowest BCUT2D eigenvalue weighted by molar-refractivity contribution is -0.384. The molecule has 110 valence electrons. The van der Waals surface area contributed by atoms with Crippen LogP contribution in [0, 0.1) is 10.1 Å². The maximum Gasteiger partial charge on any atom is 0.292 e. The van der Waals surface area contributed by atoms with Crippen molar-refractivity contribution in [2.75, 3.05) is 24.6 Å². The van der Waals surface area contributed by atoms with E-state index in [0.29, 0.717) is 30.9 Å². The molecule has 1 N–H and O–H groups in total. The Morgan fingerprint density at radius 3 is 2.95 bits per heavy atom. The number of hydrogen-bond donors (Lipinski definition) is 1. The van der Waals surface area contributed by atoms with Gasteiger partial charge in [-0.15, -0.1) is 0 Å². The molecular formula is C14H20N2O4. The molecule has 6 nitrogen and oxygen atoms in total. The van der Waals surface area contributed by atoms with Crippen molar-refractivity contribution in [1.29, 1.82) is 0 Å². The Morgan fingerprint density at radius 1 is 1.60 bits per heavy atom. The first-order valence-corrected chi connectivity index (χ1v) is 6.86. The molecular weight excluding hydrogens is 260 g/mol. The second kappa shape index (κ2) is 6.19. The van der Waals surface area contributed by atoms with E-state index in [1.165, 1.54) is 6.07 Å². The molecule has 0 amide bonds. The van der Waals surface area contributed by atoms with E-state index in [-0.39, 0.29) is 11.8 Å². The number of ether oxygens (including phenoxy) is 1. The van der Waals surface area contributed by atoms with Crippen LogP contribution in [0.15, 0.2) is 18.2 Å². The van der Waals surface area contributed by atoms with Gasteiger partial charge >= 0.3 is 0 Å². The quantitative estimate of drug-likeness (QED) is 0.676. The zero-order valence-corrected chi connectivity index (χ0v) is 11.8. The highest BCUT2D eigenvalue weighted by molar-refractivity contribution is 5.64. The van der Waals surface area contributed by atoms with Gasteiger partial charge in [0.1, 0.15) is 5.69 Å². The van der Waals surface area contributed by atoms with E-state index >= 15 is 0 Å². The lowest BCUT2D eigenvalue weighted by Gasteiger charge is -2.33. The Kier molecular flexibility index (Phi) is 4.57. The van der Waals surface area contributed by atoms with Gasteiger partial charge in [-0.2, -0.15) is 0 Å². The highest BCUT2D eigenvalue weighted by Crippen LogP contribution is 2.32. The summed E-state index contributed by atoms with van der Waals surface area (Å²) in [4.78, 5) is 12.9. The fraction of sp³-hybridized carbons (Fsp3) is 0.571. The molecule has 1 aromatic rings. The van der Waals surface area contributed by atoms with Gasteiger partial charge in [-0.25, -0.2) is 0 Å². The summed E-state index contributed by atoms with van der Waals surface area (Å²) in [5.74, 6) is 0. The molecule has 0 aliphatic carbocycles. The molecule has 0 radical (unpaired) electrons. The lowest BCUT2D eigenvalue weighted by atomic mass is 10.1. The smallest absolute Gasteiger partial charge is 0.292 e. The third-order valence-corrected chi connectivity index (χ3v) is 3.61. The molecule has 6 heteroatoms. The Hall–Kier alpha value is -1.66. The van der Waals surface area contributed by atoms with Gasteiger partial charge in [-0.05, 0) is 25.0 Å². The van der Waals surface area contributed by atoms with Crippen LogP contribution in [0.2, 0.25) is 0 Å². The molecule has 1 aliphatic rings. The van der Waals surface area contributed by atoms with Crippen molar-refractivity contribution in [2.24, 2.45) is 0 Å². The number of nitro benzene ring substituents is 1. The molecule has 2 rings (SSSR count). The summed E-state index contributed by atoms with van der Waals surface area (Å²) < 4.78 is 5.59. The summed E-state index contributed by atoms with van der Waals surface area (Å²) >= 11 is 0. The first-order chi connectivity index (χ1) is 9.52. The van der Waals surface area contributed by atoms with E-state index in [1.54, 1.807) is 19.1 Å². The second-order valence-electron chi connectivity index (χ2n) is 5.03. The molecule has 0 spiro atoms. The lowest BCUT2D eigenvalue weighted by Crippen LogP contribution is -2.42. The van der Waals surface area contributed by atoms with E-state index in [1.807, 2.05) is 11.8 Å². The second-order valence-corrected chi connectivity index (χ2v) is 5.03. The van der Waals surface area contributed by atoms with Crippen molar-refractivity contribution in [2.45, 2.75) is 32.5 Å². The van der Waals surface area contributed by atoms with Gasteiger partial charge in [0.2, 0.25) is 0 Å². The third kappa shape index (κ3) is 3.08. The molecule has 1 aliphatic heterocycles. The number of aliphatic hydroxyl groups is 1. The van der Waals surface area contributed by atoms with Crippen molar-refractivity contribution < 1.29 is 14.8 Å². The first kappa shape index (κ1) is 14.7. The minimum absolute atomic E-state index is 0.0418. The predicted octanol–water partition coefficient (Wildman–Crippen LogP) is 2.26. The zero-order chi connectivity index (χ0) is 14.7. The highest BCUT2D eigenvalue weighted by atomic mass is 16.6. The van der Waals surface area contributed by atoms with Gasteiger partial charge in [-0.1, -0.05) is 13.0 Å². The van der Waals surface area contributed by atoms with E-state index in [2.05, 4.69) is 0 Å². The fourth-order valence-electron chi connectivity index (χ4n) is 2.40. The third-order valence-electron chi connectivity index (χ3n) is 3.61. The fourth-order valence-corrected chi connectivity index (χ4v) is 2.40. The van der Waals surface area contributed by atoms with Crippen LogP contribution in [0.3, 0.4) is 0 Å². The Bertz CT molecular complexity index is 490. The maximum absolute atomic E-state index is 11.3. The average Bonchev–Trinajstić information content (AvgIpc) is 2.46.